The van der Waals surface area contributed by atoms with E-state index in [9.17, 15) is 4.79 Å². The lowest BCUT2D eigenvalue weighted by atomic mass is 9.99. The first-order valence-electron chi connectivity index (χ1n) is 5.97. The van der Waals surface area contributed by atoms with Crippen molar-refractivity contribution in [2.75, 3.05) is 13.7 Å². The summed E-state index contributed by atoms with van der Waals surface area (Å²) in [6.45, 7) is 1.91. The van der Waals surface area contributed by atoms with Gasteiger partial charge in [0.15, 0.2) is 0 Å². The van der Waals surface area contributed by atoms with E-state index in [1.807, 2.05) is 5.51 Å². The van der Waals surface area contributed by atoms with Crippen molar-refractivity contribution in [3.63, 3.8) is 0 Å². The van der Waals surface area contributed by atoms with Crippen LogP contribution in [0.3, 0.4) is 0 Å². The second-order valence-electron chi connectivity index (χ2n) is 4.38. The van der Waals surface area contributed by atoms with Gasteiger partial charge in [-0.15, -0.1) is 11.3 Å². The standard InChI is InChI=1S/C12H18N2O2S/c1-16-12(15)6-11-4-2-3-5-14(11)7-10-8-17-9-13-10/h8-9,11H,2-7H2,1H3. The Hall–Kier alpha value is -0.940. The van der Waals surface area contributed by atoms with Gasteiger partial charge in [-0.2, -0.15) is 0 Å². The third-order valence-electron chi connectivity index (χ3n) is 3.23. The lowest BCUT2D eigenvalue weighted by molar-refractivity contribution is -0.142. The van der Waals surface area contributed by atoms with E-state index in [2.05, 4.69) is 15.3 Å². The second kappa shape index (κ2) is 6.12. The molecule has 2 rings (SSSR count). The van der Waals surface area contributed by atoms with Gasteiger partial charge in [-0.25, -0.2) is 4.98 Å². The molecule has 1 aliphatic rings. The van der Waals surface area contributed by atoms with E-state index < -0.39 is 0 Å². The maximum Gasteiger partial charge on any atom is 0.307 e. The van der Waals surface area contributed by atoms with Gasteiger partial charge in [0, 0.05) is 18.0 Å². The molecular formula is C12H18N2O2S. The fraction of sp³-hybridized carbons (Fsp3) is 0.667. The van der Waals surface area contributed by atoms with Crippen LogP contribution in [0.4, 0.5) is 0 Å². The topological polar surface area (TPSA) is 42.4 Å². The van der Waals surface area contributed by atoms with Gasteiger partial charge in [0.25, 0.3) is 0 Å². The number of carbonyl (C=O) groups excluding carboxylic acids is 1. The van der Waals surface area contributed by atoms with E-state index in [1.54, 1.807) is 11.3 Å². The van der Waals surface area contributed by atoms with E-state index in [-0.39, 0.29) is 5.97 Å². The van der Waals surface area contributed by atoms with Crippen LogP contribution in [0.2, 0.25) is 0 Å². The average molecular weight is 254 g/mol. The quantitative estimate of drug-likeness (QED) is 0.771. The molecule has 0 aliphatic carbocycles. The van der Waals surface area contributed by atoms with Crippen LogP contribution in [-0.4, -0.2) is 35.5 Å². The Kier molecular flexibility index (Phi) is 4.50. The summed E-state index contributed by atoms with van der Waals surface area (Å²) in [4.78, 5) is 18.0. The van der Waals surface area contributed by atoms with E-state index >= 15 is 0 Å². The molecule has 4 nitrogen and oxygen atoms in total. The molecule has 1 aromatic rings. The normalized spacial score (nSPS) is 21.4. The SMILES string of the molecule is COC(=O)CC1CCCCN1Cc1cscn1. The molecule has 0 saturated carbocycles. The molecule has 0 amide bonds. The molecule has 1 aromatic heterocycles. The molecule has 1 unspecified atom stereocenters. The van der Waals surface area contributed by atoms with Crippen LogP contribution < -0.4 is 0 Å². The summed E-state index contributed by atoms with van der Waals surface area (Å²) in [5.74, 6) is -0.111. The number of piperidine rings is 1. The van der Waals surface area contributed by atoms with Crippen molar-refractivity contribution >= 4 is 17.3 Å². The Morgan fingerprint density at radius 2 is 2.53 bits per heavy atom. The minimum Gasteiger partial charge on any atom is -0.469 e. The van der Waals surface area contributed by atoms with Crippen LogP contribution in [0.1, 0.15) is 31.4 Å². The van der Waals surface area contributed by atoms with Gasteiger partial charge in [-0.3, -0.25) is 9.69 Å². The van der Waals surface area contributed by atoms with Crippen LogP contribution in [0.25, 0.3) is 0 Å². The van der Waals surface area contributed by atoms with Gasteiger partial charge in [-0.1, -0.05) is 6.42 Å². The minimum absolute atomic E-state index is 0.111. The predicted molar refractivity (Wildman–Crippen MR) is 66.8 cm³/mol. The first-order chi connectivity index (χ1) is 8.29. The first kappa shape index (κ1) is 12.5. The molecule has 0 radical (unpaired) electrons. The van der Waals surface area contributed by atoms with Crippen LogP contribution in [0, 0.1) is 0 Å². The third-order valence-corrected chi connectivity index (χ3v) is 3.86. The molecule has 1 atom stereocenters. The molecule has 17 heavy (non-hydrogen) atoms. The third kappa shape index (κ3) is 3.51. The van der Waals surface area contributed by atoms with Crippen LogP contribution in [0.15, 0.2) is 10.9 Å². The zero-order chi connectivity index (χ0) is 12.1. The smallest absolute Gasteiger partial charge is 0.307 e. The van der Waals surface area contributed by atoms with Crippen molar-refractivity contribution in [2.45, 2.75) is 38.3 Å². The summed E-state index contributed by atoms with van der Waals surface area (Å²) >= 11 is 1.62. The van der Waals surface area contributed by atoms with Gasteiger partial charge >= 0.3 is 5.97 Å². The molecule has 2 heterocycles. The maximum absolute atomic E-state index is 11.4. The Morgan fingerprint density at radius 1 is 1.65 bits per heavy atom. The van der Waals surface area contributed by atoms with E-state index in [0.717, 1.165) is 25.2 Å². The Labute approximate surface area is 106 Å². The Morgan fingerprint density at radius 3 is 3.24 bits per heavy atom. The maximum atomic E-state index is 11.4. The highest BCUT2D eigenvalue weighted by atomic mass is 32.1. The number of nitrogens with zero attached hydrogens (tertiary/aromatic N) is 2. The number of hydrogen-bond acceptors (Lipinski definition) is 5. The van der Waals surface area contributed by atoms with Crippen LogP contribution in [-0.2, 0) is 16.1 Å². The molecule has 1 saturated heterocycles. The zero-order valence-corrected chi connectivity index (χ0v) is 10.9. The minimum atomic E-state index is -0.111. The molecule has 0 spiro atoms. The largest absolute Gasteiger partial charge is 0.469 e. The van der Waals surface area contributed by atoms with Crippen molar-refractivity contribution in [2.24, 2.45) is 0 Å². The van der Waals surface area contributed by atoms with Gasteiger partial charge in [0.2, 0.25) is 0 Å². The summed E-state index contributed by atoms with van der Waals surface area (Å²) in [6.07, 6.45) is 4.00. The highest BCUT2D eigenvalue weighted by molar-refractivity contribution is 7.07. The highest BCUT2D eigenvalue weighted by Gasteiger charge is 2.25. The van der Waals surface area contributed by atoms with Gasteiger partial charge in [0.05, 0.1) is 24.7 Å². The number of carbonyl (C=O) groups is 1. The number of hydrogen-bond donors (Lipinski definition) is 0. The number of thiazole rings is 1. The molecular weight excluding hydrogens is 236 g/mol. The molecule has 0 N–H and O–H groups in total. The number of aromatic nitrogens is 1. The lowest BCUT2D eigenvalue weighted by Crippen LogP contribution is -2.40. The summed E-state index contributed by atoms with van der Waals surface area (Å²) in [5.41, 5.74) is 2.96. The van der Waals surface area contributed by atoms with Crippen molar-refractivity contribution < 1.29 is 9.53 Å². The summed E-state index contributed by atoms with van der Waals surface area (Å²) in [7, 11) is 1.45. The lowest BCUT2D eigenvalue weighted by Gasteiger charge is -2.34. The van der Waals surface area contributed by atoms with Crippen molar-refractivity contribution in [1.29, 1.82) is 0 Å². The average Bonchev–Trinajstić information content (AvgIpc) is 2.84. The Bertz CT molecular complexity index is 353. The Balaban J connectivity index is 1.94. The van der Waals surface area contributed by atoms with Gasteiger partial charge in [0.1, 0.15) is 0 Å². The zero-order valence-electron chi connectivity index (χ0n) is 10.1. The first-order valence-corrected chi connectivity index (χ1v) is 6.92. The second-order valence-corrected chi connectivity index (χ2v) is 5.10. The van der Waals surface area contributed by atoms with E-state index in [0.29, 0.717) is 12.5 Å². The number of methoxy groups -OCH3 is 1. The van der Waals surface area contributed by atoms with E-state index in [4.69, 9.17) is 4.74 Å². The molecule has 94 valence electrons. The van der Waals surface area contributed by atoms with Crippen LogP contribution >= 0.6 is 11.3 Å². The van der Waals surface area contributed by atoms with Gasteiger partial charge in [-0.05, 0) is 19.4 Å². The monoisotopic (exact) mass is 254 g/mol. The summed E-state index contributed by atoms with van der Waals surface area (Å²) < 4.78 is 4.76. The van der Waals surface area contributed by atoms with Crippen LogP contribution in [0.5, 0.6) is 0 Å². The number of rotatable bonds is 4. The number of ether oxygens (including phenoxy) is 1. The fourth-order valence-corrected chi connectivity index (χ4v) is 2.85. The predicted octanol–water partition coefficient (Wildman–Crippen LogP) is 2.06. The summed E-state index contributed by atoms with van der Waals surface area (Å²) in [5, 5.41) is 2.07. The summed E-state index contributed by atoms with van der Waals surface area (Å²) in [6, 6.07) is 0.317. The molecule has 0 aromatic carbocycles. The molecule has 1 aliphatic heterocycles. The van der Waals surface area contributed by atoms with Gasteiger partial charge < -0.3 is 4.74 Å². The molecule has 5 heteroatoms. The number of likely N-dealkylation sites (tertiary alicyclic amines) is 1. The number of esters is 1. The van der Waals surface area contributed by atoms with Crippen molar-refractivity contribution in [3.8, 4) is 0 Å². The molecule has 1 fully saturated rings. The van der Waals surface area contributed by atoms with E-state index in [1.165, 1.54) is 20.0 Å². The van der Waals surface area contributed by atoms with Crippen molar-refractivity contribution in [3.05, 3.63) is 16.6 Å². The van der Waals surface area contributed by atoms with Crippen molar-refractivity contribution in [1.82, 2.24) is 9.88 Å². The fourth-order valence-electron chi connectivity index (χ4n) is 2.30. The highest BCUT2D eigenvalue weighted by Crippen LogP contribution is 2.22. The molecule has 0 bridgehead atoms.